The van der Waals surface area contributed by atoms with E-state index in [1.54, 1.807) is 30.3 Å². The summed E-state index contributed by atoms with van der Waals surface area (Å²) in [6.45, 7) is 4.01. The SMILES string of the molecule is Cc1cc(C)cc(-c2cccc(N/N=C3\C(=O)N(c4ccc(C(=O)O)cc4)c4ccccc43)c2O)c1. The third-order valence-electron chi connectivity index (χ3n) is 6.04. The van der Waals surface area contributed by atoms with Crippen LogP contribution in [-0.4, -0.2) is 27.8 Å². The van der Waals surface area contributed by atoms with Crippen molar-refractivity contribution >= 4 is 34.7 Å². The molecule has 7 heteroatoms. The van der Waals surface area contributed by atoms with Gasteiger partial charge in [0.05, 0.1) is 16.9 Å². The second kappa shape index (κ2) is 9.03. The van der Waals surface area contributed by atoms with Gasteiger partial charge in [0.25, 0.3) is 5.91 Å². The highest BCUT2D eigenvalue weighted by Crippen LogP contribution is 2.38. The molecule has 1 heterocycles. The number of nitrogens with one attached hydrogen (secondary N) is 1. The molecule has 0 spiro atoms. The Bertz CT molecular complexity index is 1520. The number of carbonyl (C=O) groups is 2. The number of hydrogen-bond donors (Lipinski definition) is 3. The molecule has 4 aromatic carbocycles. The van der Waals surface area contributed by atoms with Gasteiger partial charge in [-0.3, -0.25) is 15.1 Å². The average molecular weight is 478 g/mol. The third kappa shape index (κ3) is 4.07. The van der Waals surface area contributed by atoms with E-state index in [-0.39, 0.29) is 22.9 Å². The van der Waals surface area contributed by atoms with E-state index in [9.17, 15) is 19.8 Å². The number of para-hydroxylation sites is 2. The number of carboxylic acids is 1. The molecule has 0 aliphatic carbocycles. The number of fused-ring (bicyclic) bond motifs is 1. The number of carboxylic acid groups (broad SMARTS) is 1. The zero-order valence-corrected chi connectivity index (χ0v) is 19.7. The van der Waals surface area contributed by atoms with Gasteiger partial charge < -0.3 is 10.2 Å². The Balaban J connectivity index is 1.50. The predicted octanol–water partition coefficient (Wildman–Crippen LogP) is 5.87. The molecule has 36 heavy (non-hydrogen) atoms. The number of benzene rings is 4. The normalized spacial score (nSPS) is 13.7. The summed E-state index contributed by atoms with van der Waals surface area (Å²) in [6, 6.07) is 24.7. The molecule has 4 aromatic rings. The number of hydrazone groups is 1. The second-order valence-corrected chi connectivity index (χ2v) is 8.66. The fraction of sp³-hybridized carbons (Fsp3) is 0.0690. The van der Waals surface area contributed by atoms with Crippen LogP contribution < -0.4 is 10.3 Å². The number of aromatic carboxylic acids is 1. The van der Waals surface area contributed by atoms with Gasteiger partial charge in [0.2, 0.25) is 0 Å². The number of phenols is 1. The molecule has 0 saturated heterocycles. The minimum absolute atomic E-state index is 0.0340. The van der Waals surface area contributed by atoms with E-state index >= 15 is 0 Å². The summed E-state index contributed by atoms with van der Waals surface area (Å²) in [7, 11) is 0. The highest BCUT2D eigenvalue weighted by molar-refractivity contribution is 6.55. The van der Waals surface area contributed by atoms with Crippen LogP contribution in [0.1, 0.15) is 27.0 Å². The maximum atomic E-state index is 13.4. The number of hydrogen-bond acceptors (Lipinski definition) is 5. The lowest BCUT2D eigenvalue weighted by Crippen LogP contribution is -2.26. The number of nitrogens with zero attached hydrogens (tertiary/aromatic N) is 2. The summed E-state index contributed by atoms with van der Waals surface area (Å²) < 4.78 is 0. The Labute approximate surface area is 208 Å². The standard InChI is InChI=1S/C29H23N3O4/c1-17-14-18(2)16-20(15-17)22-7-5-8-24(27(22)33)30-31-26-23-6-3-4-9-25(23)32(28(26)34)21-12-10-19(11-13-21)29(35)36/h3-16,30,33H,1-2H3,(H,35,36)/b31-26-. The number of anilines is 3. The summed E-state index contributed by atoms with van der Waals surface area (Å²) in [5, 5.41) is 24.6. The smallest absolute Gasteiger partial charge is 0.335 e. The van der Waals surface area contributed by atoms with Crippen LogP contribution in [0, 0.1) is 13.8 Å². The van der Waals surface area contributed by atoms with E-state index in [0.29, 0.717) is 28.2 Å². The van der Waals surface area contributed by atoms with Gasteiger partial charge in [-0.25, -0.2) is 4.79 Å². The molecule has 1 aliphatic rings. The minimum atomic E-state index is -1.04. The van der Waals surface area contributed by atoms with Crippen molar-refractivity contribution in [2.75, 3.05) is 10.3 Å². The first-order valence-electron chi connectivity index (χ1n) is 11.3. The molecule has 0 radical (unpaired) electrons. The van der Waals surface area contributed by atoms with Gasteiger partial charge >= 0.3 is 5.97 Å². The lowest BCUT2D eigenvalue weighted by Gasteiger charge is -2.17. The summed E-state index contributed by atoms with van der Waals surface area (Å²) in [6.07, 6.45) is 0. The monoisotopic (exact) mass is 477 g/mol. The predicted molar refractivity (Wildman–Crippen MR) is 140 cm³/mol. The molecular weight excluding hydrogens is 454 g/mol. The van der Waals surface area contributed by atoms with Crippen molar-refractivity contribution in [3.05, 3.63) is 107 Å². The molecule has 1 amide bonds. The van der Waals surface area contributed by atoms with Gasteiger partial charge in [0.1, 0.15) is 5.75 Å². The molecule has 5 rings (SSSR count). The molecule has 0 aromatic heterocycles. The van der Waals surface area contributed by atoms with E-state index in [1.807, 2.05) is 50.2 Å². The molecule has 178 valence electrons. The van der Waals surface area contributed by atoms with Crippen molar-refractivity contribution in [2.24, 2.45) is 5.10 Å². The highest BCUT2D eigenvalue weighted by atomic mass is 16.4. The lowest BCUT2D eigenvalue weighted by molar-refractivity contribution is -0.111. The van der Waals surface area contributed by atoms with Crippen LogP contribution in [0.4, 0.5) is 17.1 Å². The van der Waals surface area contributed by atoms with E-state index in [4.69, 9.17) is 0 Å². The molecule has 0 atom stereocenters. The summed E-state index contributed by atoms with van der Waals surface area (Å²) in [5.74, 6) is -1.37. The molecule has 0 saturated carbocycles. The number of phenolic OH excluding ortho intramolecular Hbond substituents is 1. The second-order valence-electron chi connectivity index (χ2n) is 8.66. The van der Waals surface area contributed by atoms with Gasteiger partial charge in [-0.05, 0) is 55.8 Å². The third-order valence-corrected chi connectivity index (χ3v) is 6.04. The Morgan fingerprint density at radius 1 is 0.861 bits per heavy atom. The number of amides is 1. The molecule has 0 fully saturated rings. The zero-order valence-electron chi connectivity index (χ0n) is 19.7. The molecule has 1 aliphatic heterocycles. The van der Waals surface area contributed by atoms with Crippen LogP contribution in [0.3, 0.4) is 0 Å². The Kier molecular flexibility index (Phi) is 5.74. The van der Waals surface area contributed by atoms with Gasteiger partial charge in [-0.2, -0.15) is 5.10 Å². The molecule has 3 N–H and O–H groups in total. The van der Waals surface area contributed by atoms with Gasteiger partial charge in [-0.1, -0.05) is 59.7 Å². The van der Waals surface area contributed by atoms with Crippen molar-refractivity contribution in [1.29, 1.82) is 0 Å². The lowest BCUT2D eigenvalue weighted by atomic mass is 9.99. The fourth-order valence-electron chi connectivity index (χ4n) is 4.43. The number of aryl methyl sites for hydroxylation is 2. The zero-order chi connectivity index (χ0) is 25.4. The van der Waals surface area contributed by atoms with Crippen molar-refractivity contribution in [3.8, 4) is 16.9 Å². The van der Waals surface area contributed by atoms with Crippen LogP contribution in [0.5, 0.6) is 5.75 Å². The first-order valence-corrected chi connectivity index (χ1v) is 11.3. The van der Waals surface area contributed by atoms with Crippen LogP contribution in [0.25, 0.3) is 11.1 Å². The van der Waals surface area contributed by atoms with E-state index in [1.165, 1.54) is 17.0 Å². The first-order chi connectivity index (χ1) is 17.3. The van der Waals surface area contributed by atoms with Gasteiger partial charge in [0.15, 0.2) is 5.71 Å². The Morgan fingerprint density at radius 3 is 2.22 bits per heavy atom. The average Bonchev–Trinajstić information content (AvgIpc) is 3.14. The maximum absolute atomic E-state index is 13.4. The minimum Gasteiger partial charge on any atom is -0.505 e. The summed E-state index contributed by atoms with van der Waals surface area (Å²) in [4.78, 5) is 26.1. The fourth-order valence-corrected chi connectivity index (χ4v) is 4.43. The van der Waals surface area contributed by atoms with Crippen molar-refractivity contribution in [2.45, 2.75) is 13.8 Å². The van der Waals surface area contributed by atoms with Crippen LogP contribution in [-0.2, 0) is 4.79 Å². The molecule has 0 unspecified atom stereocenters. The maximum Gasteiger partial charge on any atom is 0.335 e. The molecule has 0 bridgehead atoms. The Morgan fingerprint density at radius 2 is 1.53 bits per heavy atom. The topological polar surface area (TPSA) is 102 Å². The van der Waals surface area contributed by atoms with Crippen LogP contribution in [0.15, 0.2) is 90.0 Å². The quantitative estimate of drug-likeness (QED) is 0.246. The van der Waals surface area contributed by atoms with E-state index < -0.39 is 5.97 Å². The largest absolute Gasteiger partial charge is 0.505 e. The highest BCUT2D eigenvalue weighted by Gasteiger charge is 2.35. The Hall–Kier alpha value is -4.91. The molecule has 7 nitrogen and oxygen atoms in total. The summed E-state index contributed by atoms with van der Waals surface area (Å²) >= 11 is 0. The van der Waals surface area contributed by atoms with Gasteiger partial charge in [0, 0.05) is 16.8 Å². The van der Waals surface area contributed by atoms with Crippen molar-refractivity contribution in [1.82, 2.24) is 0 Å². The molecular formula is C29H23N3O4. The summed E-state index contributed by atoms with van der Waals surface area (Å²) in [5.41, 5.74) is 9.08. The first kappa shape index (κ1) is 22.9. The number of rotatable bonds is 5. The van der Waals surface area contributed by atoms with Crippen molar-refractivity contribution in [3.63, 3.8) is 0 Å². The van der Waals surface area contributed by atoms with Crippen molar-refractivity contribution < 1.29 is 19.8 Å². The van der Waals surface area contributed by atoms with E-state index in [2.05, 4.69) is 16.6 Å². The van der Waals surface area contributed by atoms with Crippen LogP contribution >= 0.6 is 0 Å². The van der Waals surface area contributed by atoms with Crippen LogP contribution in [0.2, 0.25) is 0 Å². The van der Waals surface area contributed by atoms with E-state index in [0.717, 1.165) is 16.7 Å². The number of carbonyl (C=O) groups excluding carboxylic acids is 1. The van der Waals surface area contributed by atoms with Gasteiger partial charge in [-0.15, -0.1) is 0 Å². The number of aromatic hydroxyl groups is 1.